The zero-order valence-electron chi connectivity index (χ0n) is 12.9. The molecule has 19 heavy (non-hydrogen) atoms. The van der Waals surface area contributed by atoms with Crippen LogP contribution < -0.4 is 10.2 Å². The Kier molecular flexibility index (Phi) is 5.63. The summed E-state index contributed by atoms with van der Waals surface area (Å²) in [4.78, 5) is 6.90. The Morgan fingerprint density at radius 1 is 1.37 bits per heavy atom. The summed E-state index contributed by atoms with van der Waals surface area (Å²) in [6, 6.07) is 4.34. The molecule has 1 aromatic heterocycles. The summed E-state index contributed by atoms with van der Waals surface area (Å²) in [5.74, 6) is 0.969. The fourth-order valence-electron chi connectivity index (χ4n) is 1.63. The molecule has 1 rings (SSSR count). The standard InChI is InChI=1S/C15H26ClN3/c1-7-15(4,5)19(6)14-9-8-12(16)13(18-14)10-17-11(2)3/h8-9,11,17H,7,10H2,1-6H3. The molecule has 0 aliphatic carbocycles. The molecular weight excluding hydrogens is 258 g/mol. The van der Waals surface area contributed by atoms with Gasteiger partial charge in [0.25, 0.3) is 0 Å². The maximum Gasteiger partial charge on any atom is 0.129 e. The summed E-state index contributed by atoms with van der Waals surface area (Å²) in [6.07, 6.45) is 1.06. The highest BCUT2D eigenvalue weighted by molar-refractivity contribution is 6.31. The number of nitrogens with zero attached hydrogens (tertiary/aromatic N) is 2. The lowest BCUT2D eigenvalue weighted by atomic mass is 10.00. The maximum absolute atomic E-state index is 6.21. The van der Waals surface area contributed by atoms with Gasteiger partial charge in [0.2, 0.25) is 0 Å². The van der Waals surface area contributed by atoms with Crippen molar-refractivity contribution in [2.24, 2.45) is 0 Å². The smallest absolute Gasteiger partial charge is 0.129 e. The van der Waals surface area contributed by atoms with Crippen molar-refractivity contribution in [1.29, 1.82) is 0 Å². The van der Waals surface area contributed by atoms with Crippen LogP contribution in [0, 0.1) is 0 Å². The van der Waals surface area contributed by atoms with E-state index < -0.39 is 0 Å². The molecule has 0 amide bonds. The lowest BCUT2D eigenvalue weighted by Crippen LogP contribution is -2.41. The Morgan fingerprint density at radius 2 is 2.00 bits per heavy atom. The number of pyridine rings is 1. The Hall–Kier alpha value is -0.800. The van der Waals surface area contributed by atoms with E-state index >= 15 is 0 Å². The van der Waals surface area contributed by atoms with Crippen LogP contribution in [0.3, 0.4) is 0 Å². The summed E-state index contributed by atoms with van der Waals surface area (Å²) >= 11 is 6.21. The molecule has 0 unspecified atom stereocenters. The van der Waals surface area contributed by atoms with Crippen LogP contribution in [-0.2, 0) is 6.54 Å². The van der Waals surface area contributed by atoms with Crippen LogP contribution in [-0.4, -0.2) is 23.6 Å². The second kappa shape index (κ2) is 6.58. The number of halogens is 1. The molecule has 0 fully saturated rings. The fraction of sp³-hybridized carbons (Fsp3) is 0.667. The van der Waals surface area contributed by atoms with Crippen molar-refractivity contribution >= 4 is 17.4 Å². The summed E-state index contributed by atoms with van der Waals surface area (Å²) in [5, 5.41) is 4.08. The van der Waals surface area contributed by atoms with Crippen molar-refractivity contribution < 1.29 is 0 Å². The third-order valence-corrected chi connectivity index (χ3v) is 4.04. The number of hydrogen-bond acceptors (Lipinski definition) is 3. The molecule has 4 heteroatoms. The maximum atomic E-state index is 6.21. The van der Waals surface area contributed by atoms with Crippen LogP contribution in [0.25, 0.3) is 0 Å². The Labute approximate surface area is 122 Å². The van der Waals surface area contributed by atoms with E-state index in [-0.39, 0.29) is 5.54 Å². The van der Waals surface area contributed by atoms with Crippen LogP contribution in [0.1, 0.15) is 46.7 Å². The largest absolute Gasteiger partial charge is 0.355 e. The zero-order chi connectivity index (χ0) is 14.6. The van der Waals surface area contributed by atoms with E-state index in [1.807, 2.05) is 12.1 Å². The molecule has 1 aromatic rings. The van der Waals surface area contributed by atoms with Gasteiger partial charge in [-0.25, -0.2) is 4.98 Å². The molecule has 0 aliphatic rings. The van der Waals surface area contributed by atoms with Crippen molar-refractivity contribution in [2.45, 2.75) is 59.2 Å². The highest BCUT2D eigenvalue weighted by Gasteiger charge is 2.22. The first-order chi connectivity index (χ1) is 8.77. The van der Waals surface area contributed by atoms with Gasteiger partial charge < -0.3 is 10.2 Å². The van der Waals surface area contributed by atoms with Gasteiger partial charge in [0.1, 0.15) is 5.82 Å². The van der Waals surface area contributed by atoms with Crippen molar-refractivity contribution in [3.05, 3.63) is 22.8 Å². The molecule has 0 aromatic carbocycles. The molecule has 0 saturated carbocycles. The molecule has 1 heterocycles. The highest BCUT2D eigenvalue weighted by atomic mass is 35.5. The molecule has 0 bridgehead atoms. The van der Waals surface area contributed by atoms with E-state index in [2.05, 4.69) is 56.9 Å². The van der Waals surface area contributed by atoms with E-state index in [9.17, 15) is 0 Å². The average molecular weight is 284 g/mol. The quantitative estimate of drug-likeness (QED) is 0.859. The van der Waals surface area contributed by atoms with Crippen LogP contribution in [0.2, 0.25) is 5.02 Å². The molecule has 0 saturated heterocycles. The second-order valence-electron chi connectivity index (χ2n) is 5.86. The van der Waals surface area contributed by atoms with Gasteiger partial charge in [0, 0.05) is 25.2 Å². The number of hydrogen-bond donors (Lipinski definition) is 1. The molecule has 0 atom stereocenters. The first-order valence-corrected chi connectivity index (χ1v) is 7.28. The van der Waals surface area contributed by atoms with E-state index in [0.29, 0.717) is 12.6 Å². The minimum Gasteiger partial charge on any atom is -0.355 e. The molecular formula is C15H26ClN3. The van der Waals surface area contributed by atoms with Gasteiger partial charge in [-0.2, -0.15) is 0 Å². The molecule has 0 aliphatic heterocycles. The van der Waals surface area contributed by atoms with Gasteiger partial charge in [0.15, 0.2) is 0 Å². The third-order valence-electron chi connectivity index (χ3n) is 3.70. The van der Waals surface area contributed by atoms with Gasteiger partial charge in [-0.3, -0.25) is 0 Å². The second-order valence-corrected chi connectivity index (χ2v) is 6.27. The Morgan fingerprint density at radius 3 is 2.53 bits per heavy atom. The summed E-state index contributed by atoms with van der Waals surface area (Å²) < 4.78 is 0. The van der Waals surface area contributed by atoms with Crippen molar-refractivity contribution in [3.63, 3.8) is 0 Å². The van der Waals surface area contributed by atoms with Gasteiger partial charge in [-0.1, -0.05) is 32.4 Å². The topological polar surface area (TPSA) is 28.2 Å². The number of nitrogens with one attached hydrogen (secondary N) is 1. The molecule has 3 nitrogen and oxygen atoms in total. The molecule has 108 valence electrons. The fourth-order valence-corrected chi connectivity index (χ4v) is 1.80. The molecule has 1 N–H and O–H groups in total. The molecule has 0 spiro atoms. The van der Waals surface area contributed by atoms with E-state index in [1.54, 1.807) is 0 Å². The monoisotopic (exact) mass is 283 g/mol. The van der Waals surface area contributed by atoms with Crippen molar-refractivity contribution in [1.82, 2.24) is 10.3 Å². The zero-order valence-corrected chi connectivity index (χ0v) is 13.7. The Balaban J connectivity index is 2.95. The van der Waals surface area contributed by atoms with E-state index in [0.717, 1.165) is 23.0 Å². The summed E-state index contributed by atoms with van der Waals surface area (Å²) in [7, 11) is 2.08. The number of rotatable bonds is 6. The third kappa shape index (κ3) is 4.36. The lowest BCUT2D eigenvalue weighted by Gasteiger charge is -2.36. The van der Waals surface area contributed by atoms with Crippen LogP contribution in [0.15, 0.2) is 12.1 Å². The van der Waals surface area contributed by atoms with Gasteiger partial charge >= 0.3 is 0 Å². The number of aromatic nitrogens is 1. The van der Waals surface area contributed by atoms with Gasteiger partial charge in [0.05, 0.1) is 10.7 Å². The number of anilines is 1. The van der Waals surface area contributed by atoms with Crippen LogP contribution in [0.5, 0.6) is 0 Å². The minimum absolute atomic E-state index is 0.0869. The van der Waals surface area contributed by atoms with Crippen molar-refractivity contribution in [2.75, 3.05) is 11.9 Å². The normalized spacial score (nSPS) is 12.0. The molecule has 0 radical (unpaired) electrons. The first kappa shape index (κ1) is 16.3. The SMILES string of the molecule is CCC(C)(C)N(C)c1ccc(Cl)c(CNC(C)C)n1. The average Bonchev–Trinajstić information content (AvgIpc) is 2.36. The van der Waals surface area contributed by atoms with E-state index in [1.165, 1.54) is 0 Å². The Bertz CT molecular complexity index is 416. The minimum atomic E-state index is 0.0869. The highest BCUT2D eigenvalue weighted by Crippen LogP contribution is 2.25. The summed E-state index contributed by atoms with van der Waals surface area (Å²) in [6.45, 7) is 11.6. The first-order valence-electron chi connectivity index (χ1n) is 6.90. The van der Waals surface area contributed by atoms with Gasteiger partial charge in [-0.05, 0) is 32.4 Å². The van der Waals surface area contributed by atoms with Crippen LogP contribution in [0.4, 0.5) is 5.82 Å². The van der Waals surface area contributed by atoms with Crippen molar-refractivity contribution in [3.8, 4) is 0 Å². The van der Waals surface area contributed by atoms with Gasteiger partial charge in [-0.15, -0.1) is 0 Å². The predicted octanol–water partition coefficient (Wildman–Crippen LogP) is 3.86. The van der Waals surface area contributed by atoms with Crippen LogP contribution >= 0.6 is 11.6 Å². The van der Waals surface area contributed by atoms with E-state index in [4.69, 9.17) is 11.6 Å². The lowest BCUT2D eigenvalue weighted by molar-refractivity contribution is 0.466. The summed E-state index contributed by atoms with van der Waals surface area (Å²) in [5.41, 5.74) is 0.996. The predicted molar refractivity (Wildman–Crippen MR) is 84.0 cm³/mol.